The van der Waals surface area contributed by atoms with Gasteiger partial charge in [-0.3, -0.25) is 9.59 Å². The largest absolute Gasteiger partial charge is 0.506 e. The van der Waals surface area contributed by atoms with Gasteiger partial charge in [0.05, 0.1) is 15.6 Å². The number of carbonyl (C=O) groups excluding carboxylic acids is 1. The first-order chi connectivity index (χ1) is 8.31. The minimum Gasteiger partial charge on any atom is -0.506 e. The Hall–Kier alpha value is -1.31. The van der Waals surface area contributed by atoms with Crippen molar-refractivity contribution in [3.05, 3.63) is 26.8 Å². The summed E-state index contributed by atoms with van der Waals surface area (Å²) in [6, 6.07) is 2.83. The Bertz CT molecular complexity index is 487. The predicted octanol–water partition coefficient (Wildman–Crippen LogP) is 1.90. The van der Waals surface area contributed by atoms with Crippen LogP contribution in [0.25, 0.3) is 0 Å². The standard InChI is InChI=1S/C12H14INO4/c1-6-3-8(11(17)9(13)4-6)12(18)14-7(2)5-10(15)16/h3-4,7,17H,5H2,1-2H3,(H,14,18)(H,15,16). The van der Waals surface area contributed by atoms with E-state index in [9.17, 15) is 14.7 Å². The summed E-state index contributed by atoms with van der Waals surface area (Å²) < 4.78 is 0.587. The number of carbonyl (C=O) groups is 2. The molecule has 5 nitrogen and oxygen atoms in total. The lowest BCUT2D eigenvalue weighted by atomic mass is 10.1. The number of hydrogen-bond donors (Lipinski definition) is 3. The molecule has 0 heterocycles. The summed E-state index contributed by atoms with van der Waals surface area (Å²) in [7, 11) is 0. The molecule has 3 N–H and O–H groups in total. The summed E-state index contributed by atoms with van der Waals surface area (Å²) in [4.78, 5) is 22.4. The van der Waals surface area contributed by atoms with Gasteiger partial charge in [-0.05, 0) is 54.1 Å². The fraction of sp³-hybridized carbons (Fsp3) is 0.333. The third-order valence-electron chi connectivity index (χ3n) is 2.31. The average Bonchev–Trinajstić information content (AvgIpc) is 2.21. The predicted molar refractivity (Wildman–Crippen MR) is 74.7 cm³/mol. The zero-order valence-corrected chi connectivity index (χ0v) is 12.2. The average molecular weight is 363 g/mol. The van der Waals surface area contributed by atoms with Crippen LogP contribution in [0.1, 0.15) is 29.3 Å². The van der Waals surface area contributed by atoms with Crippen LogP contribution in [-0.2, 0) is 4.79 Å². The normalized spacial score (nSPS) is 11.9. The smallest absolute Gasteiger partial charge is 0.305 e. The highest BCUT2D eigenvalue weighted by Gasteiger charge is 2.17. The molecule has 0 fully saturated rings. The van der Waals surface area contributed by atoms with Crippen LogP contribution in [0.15, 0.2) is 12.1 Å². The molecule has 0 aliphatic carbocycles. The Morgan fingerprint density at radius 3 is 2.61 bits per heavy atom. The van der Waals surface area contributed by atoms with Crippen molar-refractivity contribution in [2.45, 2.75) is 26.3 Å². The Balaban J connectivity index is 2.88. The molecule has 1 amide bonds. The molecule has 0 radical (unpaired) electrons. The van der Waals surface area contributed by atoms with Crippen LogP contribution in [0.4, 0.5) is 0 Å². The lowest BCUT2D eigenvalue weighted by molar-refractivity contribution is -0.137. The molecule has 18 heavy (non-hydrogen) atoms. The summed E-state index contributed by atoms with van der Waals surface area (Å²) in [6.07, 6.45) is -0.157. The lowest BCUT2D eigenvalue weighted by Gasteiger charge is -2.13. The van der Waals surface area contributed by atoms with E-state index in [1.807, 2.05) is 29.5 Å². The van der Waals surface area contributed by atoms with E-state index >= 15 is 0 Å². The summed E-state index contributed by atoms with van der Waals surface area (Å²) in [5, 5.41) is 21.0. The van der Waals surface area contributed by atoms with Gasteiger partial charge in [0.1, 0.15) is 5.75 Å². The van der Waals surface area contributed by atoms with E-state index in [1.54, 1.807) is 19.1 Å². The molecule has 1 unspecified atom stereocenters. The maximum Gasteiger partial charge on any atom is 0.305 e. The second kappa shape index (κ2) is 6.03. The van der Waals surface area contributed by atoms with E-state index in [-0.39, 0.29) is 17.7 Å². The van der Waals surface area contributed by atoms with Gasteiger partial charge in [0.25, 0.3) is 5.91 Å². The third-order valence-corrected chi connectivity index (χ3v) is 3.13. The van der Waals surface area contributed by atoms with Crippen LogP contribution in [-0.4, -0.2) is 28.1 Å². The minimum absolute atomic E-state index is 0.0822. The fourth-order valence-electron chi connectivity index (χ4n) is 1.52. The van der Waals surface area contributed by atoms with Crippen molar-refractivity contribution in [2.24, 2.45) is 0 Å². The SMILES string of the molecule is Cc1cc(I)c(O)c(C(=O)NC(C)CC(=O)O)c1. The maximum atomic E-state index is 11.9. The molecule has 98 valence electrons. The zero-order chi connectivity index (χ0) is 13.9. The number of hydrogen-bond acceptors (Lipinski definition) is 3. The highest BCUT2D eigenvalue weighted by atomic mass is 127. The van der Waals surface area contributed by atoms with Gasteiger partial charge < -0.3 is 15.5 Å². The fourth-order valence-corrected chi connectivity index (χ4v) is 2.30. The van der Waals surface area contributed by atoms with E-state index < -0.39 is 17.9 Å². The zero-order valence-electron chi connectivity index (χ0n) is 10.0. The molecule has 0 bridgehead atoms. The maximum absolute atomic E-state index is 11.9. The number of nitrogens with one attached hydrogen (secondary N) is 1. The number of aliphatic carboxylic acids is 1. The van der Waals surface area contributed by atoms with Crippen LogP contribution in [0.2, 0.25) is 0 Å². The summed E-state index contributed by atoms with van der Waals surface area (Å²) in [5.41, 5.74) is 1.02. The van der Waals surface area contributed by atoms with Gasteiger partial charge >= 0.3 is 5.97 Å². The first kappa shape index (κ1) is 14.7. The number of carboxylic acids is 1. The second-order valence-corrected chi connectivity index (χ2v) is 5.28. The molecule has 0 saturated heterocycles. The number of amides is 1. The van der Waals surface area contributed by atoms with Crippen LogP contribution < -0.4 is 5.32 Å². The highest BCUT2D eigenvalue weighted by Crippen LogP contribution is 2.25. The van der Waals surface area contributed by atoms with E-state index in [1.165, 1.54) is 0 Å². The number of aryl methyl sites for hydroxylation is 1. The Labute approximate surface area is 118 Å². The quantitative estimate of drug-likeness (QED) is 0.714. The van der Waals surface area contributed by atoms with Gasteiger partial charge in [0.2, 0.25) is 0 Å². The van der Waals surface area contributed by atoms with Gasteiger partial charge in [-0.15, -0.1) is 0 Å². The van der Waals surface area contributed by atoms with Crippen molar-refractivity contribution in [2.75, 3.05) is 0 Å². The number of benzene rings is 1. The molecular weight excluding hydrogens is 349 g/mol. The molecule has 6 heteroatoms. The number of phenolic OH excluding ortho intramolecular Hbond substituents is 1. The Morgan fingerprint density at radius 2 is 2.06 bits per heavy atom. The van der Waals surface area contributed by atoms with Gasteiger partial charge in [0, 0.05) is 6.04 Å². The van der Waals surface area contributed by atoms with Crippen LogP contribution in [0.5, 0.6) is 5.75 Å². The van der Waals surface area contributed by atoms with E-state index in [4.69, 9.17) is 5.11 Å². The van der Waals surface area contributed by atoms with Gasteiger partial charge in [-0.1, -0.05) is 0 Å². The summed E-state index contributed by atoms with van der Waals surface area (Å²) in [5.74, 6) is -1.53. The first-order valence-corrected chi connectivity index (χ1v) is 6.41. The molecule has 0 spiro atoms. The number of phenols is 1. The first-order valence-electron chi connectivity index (χ1n) is 5.33. The molecule has 1 aromatic carbocycles. The third kappa shape index (κ3) is 3.86. The van der Waals surface area contributed by atoms with E-state index in [2.05, 4.69) is 5.32 Å². The van der Waals surface area contributed by atoms with E-state index in [0.29, 0.717) is 3.57 Å². The number of rotatable bonds is 4. The van der Waals surface area contributed by atoms with Crippen LogP contribution >= 0.6 is 22.6 Å². The monoisotopic (exact) mass is 363 g/mol. The molecule has 1 rings (SSSR count). The van der Waals surface area contributed by atoms with Crippen molar-refractivity contribution >= 4 is 34.5 Å². The van der Waals surface area contributed by atoms with E-state index in [0.717, 1.165) is 5.56 Å². The number of halogens is 1. The van der Waals surface area contributed by atoms with Crippen LogP contribution in [0, 0.1) is 10.5 Å². The highest BCUT2D eigenvalue weighted by molar-refractivity contribution is 14.1. The van der Waals surface area contributed by atoms with Crippen molar-refractivity contribution < 1.29 is 19.8 Å². The number of carboxylic acid groups (broad SMARTS) is 1. The van der Waals surface area contributed by atoms with Crippen molar-refractivity contribution in [1.29, 1.82) is 0 Å². The molecule has 0 aliphatic heterocycles. The Morgan fingerprint density at radius 1 is 1.44 bits per heavy atom. The molecule has 0 aromatic heterocycles. The minimum atomic E-state index is -0.981. The molecule has 1 atom stereocenters. The van der Waals surface area contributed by atoms with Crippen molar-refractivity contribution in [1.82, 2.24) is 5.32 Å². The second-order valence-electron chi connectivity index (χ2n) is 4.12. The Kier molecular flexibility index (Phi) is 4.94. The number of aromatic hydroxyl groups is 1. The lowest BCUT2D eigenvalue weighted by Crippen LogP contribution is -2.34. The topological polar surface area (TPSA) is 86.6 Å². The molecule has 1 aromatic rings. The van der Waals surface area contributed by atoms with Gasteiger partial charge in [0.15, 0.2) is 0 Å². The van der Waals surface area contributed by atoms with Crippen molar-refractivity contribution in [3.63, 3.8) is 0 Å². The van der Waals surface area contributed by atoms with Gasteiger partial charge in [-0.25, -0.2) is 0 Å². The molecule has 0 saturated carbocycles. The summed E-state index contributed by atoms with van der Waals surface area (Å²) >= 11 is 1.94. The van der Waals surface area contributed by atoms with Crippen molar-refractivity contribution in [3.8, 4) is 5.75 Å². The summed E-state index contributed by atoms with van der Waals surface area (Å²) in [6.45, 7) is 3.42. The molecular formula is C12H14INO4. The van der Waals surface area contributed by atoms with Gasteiger partial charge in [-0.2, -0.15) is 0 Å². The molecule has 0 aliphatic rings. The van der Waals surface area contributed by atoms with Crippen LogP contribution in [0.3, 0.4) is 0 Å².